The molecule has 0 atom stereocenters. The average molecular weight is 382 g/mol. The summed E-state index contributed by atoms with van der Waals surface area (Å²) in [7, 11) is 0. The first-order chi connectivity index (χ1) is 13.3. The summed E-state index contributed by atoms with van der Waals surface area (Å²) in [6, 6.07) is 9.75. The molecule has 2 aromatic carbocycles. The Morgan fingerprint density at radius 2 is 1.64 bits per heavy atom. The minimum Gasteiger partial charge on any atom is -0.368 e. The molecule has 4 rings (SSSR count). The van der Waals surface area contributed by atoms with Crippen LogP contribution >= 0.6 is 0 Å². The molecule has 0 spiro atoms. The molecule has 0 saturated carbocycles. The summed E-state index contributed by atoms with van der Waals surface area (Å²) < 4.78 is 42.2. The van der Waals surface area contributed by atoms with Crippen LogP contribution in [0.25, 0.3) is 28.0 Å². The zero-order chi connectivity index (χ0) is 20.0. The highest BCUT2D eigenvalue weighted by Crippen LogP contribution is 2.30. The van der Waals surface area contributed by atoms with Crippen molar-refractivity contribution in [1.29, 1.82) is 0 Å². The number of halogens is 3. The highest BCUT2D eigenvalue weighted by molar-refractivity contribution is 5.92. The van der Waals surface area contributed by atoms with Gasteiger partial charge in [0.25, 0.3) is 5.56 Å². The van der Waals surface area contributed by atoms with Crippen LogP contribution < -0.4 is 11.3 Å². The predicted molar refractivity (Wildman–Crippen MR) is 99.6 cm³/mol. The highest BCUT2D eigenvalue weighted by atomic mass is 19.1. The lowest BCUT2D eigenvalue weighted by atomic mass is 10.0. The van der Waals surface area contributed by atoms with Gasteiger partial charge in [0, 0.05) is 23.1 Å². The van der Waals surface area contributed by atoms with Gasteiger partial charge in [0.1, 0.15) is 17.5 Å². The molecule has 0 aliphatic rings. The fraction of sp³-hybridized carbons (Fsp3) is 0.0500. The number of fused-ring (bicyclic) bond motifs is 1. The Morgan fingerprint density at radius 1 is 0.929 bits per heavy atom. The molecule has 2 aromatic heterocycles. The van der Waals surface area contributed by atoms with E-state index in [-0.39, 0.29) is 17.3 Å². The maximum atomic E-state index is 14.4. The summed E-state index contributed by atoms with van der Waals surface area (Å²) >= 11 is 0. The van der Waals surface area contributed by atoms with Gasteiger partial charge in [-0.15, -0.1) is 0 Å². The number of aryl methyl sites for hydroxylation is 1. The Bertz CT molecular complexity index is 1300. The lowest BCUT2D eigenvalue weighted by Gasteiger charge is -2.14. The number of benzene rings is 2. The first-order valence-electron chi connectivity index (χ1n) is 8.26. The zero-order valence-electron chi connectivity index (χ0n) is 14.6. The van der Waals surface area contributed by atoms with Crippen LogP contribution in [0.1, 0.15) is 5.56 Å². The van der Waals surface area contributed by atoms with Crippen LogP contribution in [0.4, 0.5) is 19.1 Å². The lowest BCUT2D eigenvalue weighted by Crippen LogP contribution is -2.20. The first-order valence-corrected chi connectivity index (χ1v) is 8.26. The predicted octanol–water partition coefficient (Wildman–Crippen LogP) is 3.76. The molecule has 0 saturated heterocycles. The minimum absolute atomic E-state index is 0.0595. The van der Waals surface area contributed by atoms with E-state index in [1.165, 1.54) is 24.3 Å². The number of hydrogen-bond donors (Lipinski definition) is 1. The van der Waals surface area contributed by atoms with Crippen molar-refractivity contribution in [2.75, 3.05) is 5.73 Å². The number of rotatable bonds is 2. The molecule has 0 amide bonds. The molecule has 0 aliphatic carbocycles. The summed E-state index contributed by atoms with van der Waals surface area (Å²) in [6.45, 7) is 1.71. The van der Waals surface area contributed by atoms with E-state index in [4.69, 9.17) is 5.73 Å². The van der Waals surface area contributed by atoms with Gasteiger partial charge in [-0.05, 0) is 48.9 Å². The molecule has 0 radical (unpaired) electrons. The number of pyridine rings is 1. The summed E-state index contributed by atoms with van der Waals surface area (Å²) in [5, 5.41) is 0.409. The monoisotopic (exact) mass is 382 g/mol. The fourth-order valence-electron chi connectivity index (χ4n) is 3.13. The summed E-state index contributed by atoms with van der Waals surface area (Å²) in [5.74, 6) is -2.25. The lowest BCUT2D eigenvalue weighted by molar-refractivity contribution is 0.577. The maximum Gasteiger partial charge on any atom is 0.256 e. The van der Waals surface area contributed by atoms with Crippen LogP contribution in [0.2, 0.25) is 0 Å². The van der Waals surface area contributed by atoms with Gasteiger partial charge in [0.15, 0.2) is 5.65 Å². The highest BCUT2D eigenvalue weighted by Gasteiger charge is 2.17. The number of hydrogen-bond acceptors (Lipinski definition) is 4. The van der Waals surface area contributed by atoms with E-state index in [2.05, 4.69) is 9.97 Å². The summed E-state index contributed by atoms with van der Waals surface area (Å²) in [4.78, 5) is 20.8. The maximum absolute atomic E-state index is 14.4. The van der Waals surface area contributed by atoms with Crippen LogP contribution in [-0.2, 0) is 0 Å². The van der Waals surface area contributed by atoms with Crippen molar-refractivity contribution >= 4 is 17.0 Å². The molecule has 8 heteroatoms. The van der Waals surface area contributed by atoms with Gasteiger partial charge in [-0.3, -0.25) is 9.36 Å². The second-order valence-electron chi connectivity index (χ2n) is 6.23. The summed E-state index contributed by atoms with van der Waals surface area (Å²) in [5.41, 5.74) is 6.72. The number of aromatic nitrogens is 3. The van der Waals surface area contributed by atoms with Crippen LogP contribution in [0.15, 0.2) is 53.3 Å². The molecule has 0 fully saturated rings. The molecule has 5 nitrogen and oxygen atoms in total. The minimum atomic E-state index is -0.925. The Labute approximate surface area is 156 Å². The van der Waals surface area contributed by atoms with E-state index >= 15 is 0 Å². The van der Waals surface area contributed by atoms with Crippen molar-refractivity contribution in [1.82, 2.24) is 14.5 Å². The average Bonchev–Trinajstić information content (AvgIpc) is 2.62. The van der Waals surface area contributed by atoms with Gasteiger partial charge in [-0.25, -0.2) is 18.2 Å². The van der Waals surface area contributed by atoms with Crippen molar-refractivity contribution in [3.05, 3.63) is 81.9 Å². The van der Waals surface area contributed by atoms with Gasteiger partial charge in [-0.1, -0.05) is 0 Å². The van der Waals surface area contributed by atoms with Gasteiger partial charge in [-0.2, -0.15) is 4.98 Å². The number of nitrogen functional groups attached to an aromatic ring is 1. The van der Waals surface area contributed by atoms with E-state index < -0.39 is 23.0 Å². The topological polar surface area (TPSA) is 73.8 Å². The van der Waals surface area contributed by atoms with E-state index in [1.54, 1.807) is 13.0 Å². The first kappa shape index (κ1) is 17.7. The normalized spacial score (nSPS) is 11.1. The third-order valence-electron chi connectivity index (χ3n) is 4.36. The molecule has 28 heavy (non-hydrogen) atoms. The van der Waals surface area contributed by atoms with Crippen molar-refractivity contribution in [3.8, 4) is 16.9 Å². The molecule has 0 unspecified atom stereocenters. The third-order valence-corrected chi connectivity index (χ3v) is 4.36. The Morgan fingerprint density at radius 3 is 2.36 bits per heavy atom. The number of nitrogens with two attached hydrogens (primary N) is 1. The quantitative estimate of drug-likeness (QED) is 0.573. The van der Waals surface area contributed by atoms with E-state index in [0.717, 1.165) is 16.7 Å². The van der Waals surface area contributed by atoms with E-state index in [1.807, 2.05) is 0 Å². The third kappa shape index (κ3) is 2.88. The zero-order valence-corrected chi connectivity index (χ0v) is 14.6. The van der Waals surface area contributed by atoms with E-state index in [0.29, 0.717) is 28.3 Å². The standard InChI is InChI=1S/C20H13F3N4O/c1-10-8-11(21)2-4-13(10)18-14-5-7-17(28)27(19(14)26-20(24)25-18)16-6-3-12(22)9-15(16)23/h2-9H,1H3,(H2,24,25,26). The van der Waals surface area contributed by atoms with Crippen molar-refractivity contribution in [2.45, 2.75) is 6.92 Å². The van der Waals surface area contributed by atoms with Crippen molar-refractivity contribution < 1.29 is 13.2 Å². The second kappa shape index (κ2) is 6.49. The van der Waals surface area contributed by atoms with E-state index in [9.17, 15) is 18.0 Å². The smallest absolute Gasteiger partial charge is 0.256 e. The van der Waals surface area contributed by atoms with Crippen LogP contribution in [0, 0.1) is 24.4 Å². The van der Waals surface area contributed by atoms with Crippen molar-refractivity contribution in [3.63, 3.8) is 0 Å². The summed E-state index contributed by atoms with van der Waals surface area (Å²) in [6.07, 6.45) is 0. The number of anilines is 1. The van der Waals surface area contributed by atoms with Gasteiger partial charge < -0.3 is 5.73 Å². The molecule has 0 bridgehead atoms. The van der Waals surface area contributed by atoms with Gasteiger partial charge >= 0.3 is 0 Å². The Hall–Kier alpha value is -3.68. The molecule has 2 N–H and O–H groups in total. The van der Waals surface area contributed by atoms with Crippen molar-refractivity contribution in [2.24, 2.45) is 0 Å². The molecule has 140 valence electrons. The molecule has 2 heterocycles. The van der Waals surface area contributed by atoms with Crippen LogP contribution in [0.5, 0.6) is 0 Å². The molecular weight excluding hydrogens is 369 g/mol. The fourth-order valence-corrected chi connectivity index (χ4v) is 3.13. The van der Waals surface area contributed by atoms with Gasteiger partial charge in [0.05, 0.1) is 11.4 Å². The largest absolute Gasteiger partial charge is 0.368 e. The molecule has 4 aromatic rings. The molecular formula is C20H13F3N4O. The Balaban J connectivity index is 2.10. The molecule has 0 aliphatic heterocycles. The van der Waals surface area contributed by atoms with Crippen LogP contribution in [0.3, 0.4) is 0 Å². The number of nitrogens with zero attached hydrogens (tertiary/aromatic N) is 3. The SMILES string of the molecule is Cc1cc(F)ccc1-c1nc(N)nc2c1ccc(=O)n2-c1ccc(F)cc1F. The Kier molecular flexibility index (Phi) is 4.11. The van der Waals surface area contributed by atoms with Gasteiger partial charge in [0.2, 0.25) is 5.95 Å². The van der Waals surface area contributed by atoms with Crippen LogP contribution in [-0.4, -0.2) is 14.5 Å². The second-order valence-corrected chi connectivity index (χ2v) is 6.23.